The number of furan rings is 1. The van der Waals surface area contributed by atoms with Crippen molar-refractivity contribution in [3.63, 3.8) is 0 Å². The summed E-state index contributed by atoms with van der Waals surface area (Å²) in [6, 6.07) is 2.02. The van der Waals surface area contributed by atoms with Crippen molar-refractivity contribution >= 4 is 18.3 Å². The van der Waals surface area contributed by atoms with Crippen LogP contribution < -0.4 is 11.1 Å². The van der Waals surface area contributed by atoms with E-state index in [-0.39, 0.29) is 18.3 Å². The second-order valence-electron chi connectivity index (χ2n) is 5.84. The Morgan fingerprint density at radius 3 is 2.55 bits per heavy atom. The van der Waals surface area contributed by atoms with E-state index < -0.39 is 0 Å². The predicted octanol–water partition coefficient (Wildman–Crippen LogP) is 3.10. The second kappa shape index (κ2) is 7.70. The number of halogens is 1. The lowest BCUT2D eigenvalue weighted by Crippen LogP contribution is -2.38. The Hall–Kier alpha value is -1.00. The fourth-order valence-corrected chi connectivity index (χ4v) is 2.81. The van der Waals surface area contributed by atoms with E-state index in [9.17, 15) is 4.79 Å². The highest BCUT2D eigenvalue weighted by Gasteiger charge is 2.24. The van der Waals surface area contributed by atoms with Gasteiger partial charge in [-0.2, -0.15) is 0 Å². The van der Waals surface area contributed by atoms with Crippen LogP contribution in [0.15, 0.2) is 16.7 Å². The highest BCUT2D eigenvalue weighted by atomic mass is 35.5. The number of carbonyl (C=O) groups is 1. The zero-order valence-electron chi connectivity index (χ0n) is 12.2. The van der Waals surface area contributed by atoms with E-state index in [1.54, 1.807) is 6.07 Å². The fourth-order valence-electron chi connectivity index (χ4n) is 2.81. The largest absolute Gasteiger partial charge is 0.467 e. The smallest absolute Gasteiger partial charge is 0.254 e. The maximum atomic E-state index is 12.0. The molecule has 0 spiro atoms. The van der Waals surface area contributed by atoms with Crippen LogP contribution in [-0.4, -0.2) is 11.9 Å². The molecule has 4 nitrogen and oxygen atoms in total. The van der Waals surface area contributed by atoms with Gasteiger partial charge in [-0.05, 0) is 43.6 Å². The van der Waals surface area contributed by atoms with Crippen molar-refractivity contribution in [1.82, 2.24) is 5.32 Å². The van der Waals surface area contributed by atoms with Crippen LogP contribution in [0.1, 0.15) is 55.6 Å². The Morgan fingerprint density at radius 2 is 2.05 bits per heavy atom. The summed E-state index contributed by atoms with van der Waals surface area (Å²) < 4.78 is 5.19. The number of amides is 1. The second-order valence-corrected chi connectivity index (χ2v) is 5.84. The van der Waals surface area contributed by atoms with Gasteiger partial charge in [0.25, 0.3) is 5.91 Å². The Morgan fingerprint density at radius 1 is 1.40 bits per heavy atom. The summed E-state index contributed by atoms with van der Waals surface area (Å²) in [5, 5.41) is 3.09. The minimum Gasteiger partial charge on any atom is -0.467 e. The van der Waals surface area contributed by atoms with Gasteiger partial charge in [0.05, 0.1) is 12.1 Å². The van der Waals surface area contributed by atoms with Gasteiger partial charge >= 0.3 is 0 Å². The zero-order valence-corrected chi connectivity index (χ0v) is 13.0. The van der Waals surface area contributed by atoms with Crippen molar-refractivity contribution in [2.45, 2.75) is 52.1 Å². The van der Waals surface area contributed by atoms with Gasteiger partial charge in [-0.1, -0.05) is 13.8 Å². The van der Waals surface area contributed by atoms with Crippen molar-refractivity contribution in [2.75, 3.05) is 0 Å². The summed E-state index contributed by atoms with van der Waals surface area (Å²) >= 11 is 0. The molecule has 2 rings (SSSR count). The molecule has 1 amide bonds. The summed E-state index contributed by atoms with van der Waals surface area (Å²) in [5.41, 5.74) is 6.04. The average molecular weight is 301 g/mol. The lowest BCUT2D eigenvalue weighted by atomic mass is 9.79. The molecular weight excluding hydrogens is 276 g/mol. The molecule has 0 atom stereocenters. The third kappa shape index (κ3) is 4.25. The molecule has 1 heterocycles. The van der Waals surface area contributed by atoms with Crippen LogP contribution in [0.25, 0.3) is 0 Å². The fraction of sp³-hybridized carbons (Fsp3) is 0.667. The van der Waals surface area contributed by atoms with E-state index in [1.807, 2.05) is 0 Å². The number of hydrogen-bond donors (Lipinski definition) is 2. The molecular formula is C15H25ClN2O2. The Bertz CT molecular complexity index is 423. The molecule has 3 N–H and O–H groups in total. The van der Waals surface area contributed by atoms with Gasteiger partial charge in [0.1, 0.15) is 12.0 Å². The Balaban J connectivity index is 0.00000200. The van der Waals surface area contributed by atoms with Gasteiger partial charge in [-0.3, -0.25) is 4.79 Å². The van der Waals surface area contributed by atoms with Gasteiger partial charge in [-0.25, -0.2) is 0 Å². The summed E-state index contributed by atoms with van der Waals surface area (Å²) in [6.45, 7) is 4.89. The number of rotatable bonds is 4. The molecule has 1 saturated carbocycles. The predicted molar refractivity (Wildman–Crippen MR) is 81.9 cm³/mol. The van der Waals surface area contributed by atoms with E-state index in [0.29, 0.717) is 23.9 Å². The van der Waals surface area contributed by atoms with Crippen molar-refractivity contribution in [3.05, 3.63) is 23.7 Å². The topological polar surface area (TPSA) is 68.3 Å². The molecule has 114 valence electrons. The van der Waals surface area contributed by atoms with Crippen LogP contribution in [0.5, 0.6) is 0 Å². The number of carbonyl (C=O) groups excluding carboxylic acids is 1. The summed E-state index contributed by atoms with van der Waals surface area (Å²) in [5.74, 6) is 2.16. The zero-order chi connectivity index (χ0) is 13.8. The Labute approximate surface area is 126 Å². The van der Waals surface area contributed by atoms with Crippen molar-refractivity contribution in [3.8, 4) is 0 Å². The minimum absolute atomic E-state index is 0. The van der Waals surface area contributed by atoms with Crippen LogP contribution in [0.2, 0.25) is 0 Å². The molecule has 1 aliphatic rings. The molecule has 1 aromatic heterocycles. The standard InChI is InChI=1S/C15H24N2O2.ClH/c1-10(2)11-3-5-13(6-4-11)17-15(18)12-7-14(8-16)19-9-12;/h7,9-11,13H,3-6,8,16H2,1-2H3,(H,17,18);1H. The molecule has 0 bridgehead atoms. The van der Waals surface area contributed by atoms with E-state index >= 15 is 0 Å². The molecule has 1 aliphatic carbocycles. The van der Waals surface area contributed by atoms with E-state index in [1.165, 1.54) is 19.1 Å². The third-order valence-corrected chi connectivity index (χ3v) is 4.17. The van der Waals surface area contributed by atoms with Crippen LogP contribution >= 0.6 is 12.4 Å². The van der Waals surface area contributed by atoms with Crippen molar-refractivity contribution in [2.24, 2.45) is 17.6 Å². The first-order valence-electron chi connectivity index (χ1n) is 7.18. The molecule has 1 fully saturated rings. The van der Waals surface area contributed by atoms with Crippen LogP contribution in [-0.2, 0) is 6.54 Å². The average Bonchev–Trinajstić information content (AvgIpc) is 2.88. The van der Waals surface area contributed by atoms with Crippen LogP contribution in [0.3, 0.4) is 0 Å². The third-order valence-electron chi connectivity index (χ3n) is 4.17. The molecule has 1 aromatic rings. The van der Waals surface area contributed by atoms with E-state index in [4.69, 9.17) is 10.2 Å². The van der Waals surface area contributed by atoms with E-state index in [2.05, 4.69) is 19.2 Å². The van der Waals surface area contributed by atoms with Gasteiger partial charge < -0.3 is 15.5 Å². The molecule has 0 unspecified atom stereocenters. The SMILES string of the molecule is CC(C)C1CCC(NC(=O)c2coc(CN)c2)CC1.Cl. The van der Waals surface area contributed by atoms with E-state index in [0.717, 1.165) is 24.7 Å². The molecule has 0 aromatic carbocycles. The first kappa shape index (κ1) is 17.1. The van der Waals surface area contributed by atoms with Crippen molar-refractivity contribution < 1.29 is 9.21 Å². The van der Waals surface area contributed by atoms with Gasteiger partial charge in [0.15, 0.2) is 0 Å². The molecule has 0 aliphatic heterocycles. The molecule has 20 heavy (non-hydrogen) atoms. The van der Waals surface area contributed by atoms with Crippen LogP contribution in [0.4, 0.5) is 0 Å². The molecule has 0 radical (unpaired) electrons. The normalized spacial score (nSPS) is 22.4. The van der Waals surface area contributed by atoms with Gasteiger partial charge in [0, 0.05) is 6.04 Å². The lowest BCUT2D eigenvalue weighted by molar-refractivity contribution is 0.0917. The summed E-state index contributed by atoms with van der Waals surface area (Å²) in [4.78, 5) is 12.0. The molecule has 5 heteroatoms. The van der Waals surface area contributed by atoms with Crippen LogP contribution in [0, 0.1) is 11.8 Å². The summed E-state index contributed by atoms with van der Waals surface area (Å²) in [7, 11) is 0. The Kier molecular flexibility index (Phi) is 6.56. The highest BCUT2D eigenvalue weighted by Crippen LogP contribution is 2.29. The maximum absolute atomic E-state index is 12.0. The molecule has 0 saturated heterocycles. The first-order valence-corrected chi connectivity index (χ1v) is 7.18. The quantitative estimate of drug-likeness (QED) is 0.898. The van der Waals surface area contributed by atoms with Gasteiger partial charge in [-0.15, -0.1) is 12.4 Å². The lowest BCUT2D eigenvalue weighted by Gasteiger charge is -2.31. The maximum Gasteiger partial charge on any atom is 0.254 e. The van der Waals surface area contributed by atoms with Gasteiger partial charge in [0.2, 0.25) is 0 Å². The number of hydrogen-bond acceptors (Lipinski definition) is 3. The monoisotopic (exact) mass is 300 g/mol. The number of nitrogens with one attached hydrogen (secondary N) is 1. The highest BCUT2D eigenvalue weighted by molar-refractivity contribution is 5.94. The first-order chi connectivity index (χ1) is 9.10. The van der Waals surface area contributed by atoms with Crippen molar-refractivity contribution in [1.29, 1.82) is 0 Å². The number of nitrogens with two attached hydrogens (primary N) is 1. The minimum atomic E-state index is -0.0450. The summed E-state index contributed by atoms with van der Waals surface area (Å²) in [6.07, 6.45) is 6.06.